The molecule has 0 saturated heterocycles. The van der Waals surface area contributed by atoms with Crippen LogP contribution >= 0.6 is 0 Å². The van der Waals surface area contributed by atoms with Crippen LogP contribution in [0.25, 0.3) is 0 Å². The Kier molecular flexibility index (Phi) is 6.15. The van der Waals surface area contributed by atoms with Gasteiger partial charge in [0.15, 0.2) is 0 Å². The quantitative estimate of drug-likeness (QED) is 0.839. The first-order valence-electron chi connectivity index (χ1n) is 7.92. The molecule has 0 saturated carbocycles. The summed E-state index contributed by atoms with van der Waals surface area (Å²) in [5.74, 6) is -0.236. The van der Waals surface area contributed by atoms with Crippen molar-refractivity contribution in [3.63, 3.8) is 0 Å². The van der Waals surface area contributed by atoms with Gasteiger partial charge in [0, 0.05) is 25.1 Å². The maximum Gasteiger partial charge on any atom is 0.220 e. The maximum atomic E-state index is 12.3. The fraction of sp³-hybridized carbons (Fsp3) is 0.316. The molecule has 1 atom stereocenters. The molecule has 1 N–H and O–H groups in total. The van der Waals surface area contributed by atoms with Crippen LogP contribution in [-0.4, -0.2) is 32.9 Å². The third kappa shape index (κ3) is 5.49. The summed E-state index contributed by atoms with van der Waals surface area (Å²) in [4.78, 5) is 12.3. The number of benzene rings is 2. The number of carbonyl (C=O) groups excluding carboxylic acids is 1. The number of carbonyl (C=O) groups is 1. The average Bonchev–Trinajstić information content (AvgIpc) is 2.53. The lowest BCUT2D eigenvalue weighted by molar-refractivity contribution is -0.121. The van der Waals surface area contributed by atoms with Crippen molar-refractivity contribution in [3.8, 4) is 0 Å². The van der Waals surface area contributed by atoms with E-state index in [0.717, 1.165) is 16.7 Å². The number of aryl methyl sites for hydroxylation is 1. The summed E-state index contributed by atoms with van der Waals surface area (Å²) < 4.78 is 22.3. The number of sulfone groups is 1. The highest BCUT2D eigenvalue weighted by Crippen LogP contribution is 2.30. The Morgan fingerprint density at radius 1 is 1.04 bits per heavy atom. The Labute approximate surface area is 143 Å². The van der Waals surface area contributed by atoms with E-state index in [4.69, 9.17) is 0 Å². The van der Waals surface area contributed by atoms with Gasteiger partial charge in [-0.1, -0.05) is 54.6 Å². The van der Waals surface area contributed by atoms with Crippen LogP contribution in [0.5, 0.6) is 0 Å². The van der Waals surface area contributed by atoms with Crippen molar-refractivity contribution in [2.75, 3.05) is 18.6 Å². The molecule has 0 bridgehead atoms. The van der Waals surface area contributed by atoms with Crippen molar-refractivity contribution in [1.82, 2.24) is 5.32 Å². The summed E-state index contributed by atoms with van der Waals surface area (Å²) in [6, 6.07) is 17.9. The molecule has 2 aromatic carbocycles. The van der Waals surface area contributed by atoms with Gasteiger partial charge in [0.1, 0.15) is 9.84 Å². The van der Waals surface area contributed by atoms with E-state index >= 15 is 0 Å². The standard InChI is InChI=1S/C19H23NO3S/c1-15-8-6-7-11-17(15)18(16-9-4-3-5-10-16)14-19(21)20-12-13-24(2,22)23/h3-11,18H,12-14H2,1-2H3,(H,20,21)/t18-/m0/s1. The number of nitrogens with one attached hydrogen (secondary N) is 1. The van der Waals surface area contributed by atoms with Gasteiger partial charge >= 0.3 is 0 Å². The molecule has 5 heteroatoms. The average molecular weight is 345 g/mol. The number of amides is 1. The molecular formula is C19H23NO3S. The van der Waals surface area contributed by atoms with Crippen LogP contribution in [0.3, 0.4) is 0 Å². The maximum absolute atomic E-state index is 12.3. The van der Waals surface area contributed by atoms with Crippen LogP contribution in [0.15, 0.2) is 54.6 Å². The van der Waals surface area contributed by atoms with E-state index in [1.807, 2.05) is 61.5 Å². The van der Waals surface area contributed by atoms with Crippen LogP contribution in [0.1, 0.15) is 29.0 Å². The van der Waals surface area contributed by atoms with Crippen molar-refractivity contribution in [3.05, 3.63) is 71.3 Å². The molecule has 24 heavy (non-hydrogen) atoms. The molecule has 0 aromatic heterocycles. The predicted octanol–water partition coefficient (Wildman–Crippen LogP) is 2.68. The third-order valence-electron chi connectivity index (χ3n) is 3.95. The molecule has 1 amide bonds. The van der Waals surface area contributed by atoms with E-state index in [-0.39, 0.29) is 24.1 Å². The molecule has 0 aliphatic rings. The molecule has 4 nitrogen and oxygen atoms in total. The normalized spacial score (nSPS) is 12.6. The molecule has 0 aliphatic carbocycles. The fourth-order valence-corrected chi connectivity index (χ4v) is 3.18. The Morgan fingerprint density at radius 3 is 2.29 bits per heavy atom. The number of hydrogen-bond acceptors (Lipinski definition) is 3. The second-order valence-electron chi connectivity index (χ2n) is 6.00. The van der Waals surface area contributed by atoms with Crippen LogP contribution < -0.4 is 5.32 Å². The lowest BCUT2D eigenvalue weighted by Gasteiger charge is -2.20. The van der Waals surface area contributed by atoms with E-state index in [1.165, 1.54) is 6.26 Å². The zero-order chi connectivity index (χ0) is 17.6. The van der Waals surface area contributed by atoms with Crippen LogP contribution in [0.2, 0.25) is 0 Å². The Hall–Kier alpha value is -2.14. The lowest BCUT2D eigenvalue weighted by atomic mass is 9.86. The van der Waals surface area contributed by atoms with Gasteiger partial charge in [-0.2, -0.15) is 0 Å². The van der Waals surface area contributed by atoms with Crippen LogP contribution in [0.4, 0.5) is 0 Å². The van der Waals surface area contributed by atoms with Gasteiger partial charge in [-0.15, -0.1) is 0 Å². The topological polar surface area (TPSA) is 63.2 Å². The fourth-order valence-electron chi connectivity index (χ4n) is 2.70. The van der Waals surface area contributed by atoms with E-state index in [9.17, 15) is 13.2 Å². The van der Waals surface area contributed by atoms with Crippen molar-refractivity contribution in [2.24, 2.45) is 0 Å². The molecule has 0 spiro atoms. The highest BCUT2D eigenvalue weighted by Gasteiger charge is 2.19. The van der Waals surface area contributed by atoms with Gasteiger partial charge in [0.2, 0.25) is 5.91 Å². The SMILES string of the molecule is Cc1ccccc1[C@@H](CC(=O)NCCS(C)(=O)=O)c1ccccc1. The zero-order valence-corrected chi connectivity index (χ0v) is 14.8. The van der Waals surface area contributed by atoms with Gasteiger partial charge < -0.3 is 5.32 Å². The second kappa shape index (κ2) is 8.11. The van der Waals surface area contributed by atoms with Gasteiger partial charge in [-0.25, -0.2) is 8.42 Å². The summed E-state index contributed by atoms with van der Waals surface area (Å²) in [5.41, 5.74) is 3.32. The number of hydrogen-bond donors (Lipinski definition) is 1. The highest BCUT2D eigenvalue weighted by molar-refractivity contribution is 7.90. The zero-order valence-electron chi connectivity index (χ0n) is 14.0. The second-order valence-corrected chi connectivity index (χ2v) is 8.26. The minimum absolute atomic E-state index is 0.0426. The molecule has 0 fully saturated rings. The molecule has 0 heterocycles. The van der Waals surface area contributed by atoms with Crippen molar-refractivity contribution >= 4 is 15.7 Å². The smallest absolute Gasteiger partial charge is 0.220 e. The molecule has 128 valence electrons. The van der Waals surface area contributed by atoms with Crippen molar-refractivity contribution in [1.29, 1.82) is 0 Å². The molecule has 2 aromatic rings. The Morgan fingerprint density at radius 2 is 1.67 bits per heavy atom. The monoisotopic (exact) mass is 345 g/mol. The summed E-state index contributed by atoms with van der Waals surface area (Å²) >= 11 is 0. The minimum Gasteiger partial charge on any atom is -0.355 e. The van der Waals surface area contributed by atoms with Gasteiger partial charge in [-0.3, -0.25) is 4.79 Å². The first kappa shape index (κ1) is 18.2. The largest absolute Gasteiger partial charge is 0.355 e. The molecule has 2 rings (SSSR count). The van der Waals surface area contributed by atoms with Gasteiger partial charge in [0.25, 0.3) is 0 Å². The molecule has 0 aliphatic heterocycles. The van der Waals surface area contributed by atoms with E-state index in [0.29, 0.717) is 6.42 Å². The highest BCUT2D eigenvalue weighted by atomic mass is 32.2. The summed E-state index contributed by atoms with van der Waals surface area (Å²) in [6.45, 7) is 2.18. The lowest BCUT2D eigenvalue weighted by Crippen LogP contribution is -2.30. The first-order valence-corrected chi connectivity index (χ1v) is 9.98. The molecule has 0 radical (unpaired) electrons. The van der Waals surface area contributed by atoms with Crippen LogP contribution in [0, 0.1) is 6.92 Å². The summed E-state index contributed by atoms with van der Waals surface area (Å²) in [6.07, 6.45) is 1.46. The number of rotatable bonds is 7. The Bertz CT molecular complexity index is 785. The van der Waals surface area contributed by atoms with Crippen molar-refractivity contribution in [2.45, 2.75) is 19.3 Å². The third-order valence-corrected chi connectivity index (χ3v) is 4.90. The van der Waals surface area contributed by atoms with Gasteiger partial charge in [-0.05, 0) is 23.6 Å². The van der Waals surface area contributed by atoms with E-state index < -0.39 is 9.84 Å². The van der Waals surface area contributed by atoms with Crippen LogP contribution in [-0.2, 0) is 14.6 Å². The molecule has 0 unspecified atom stereocenters. The van der Waals surface area contributed by atoms with E-state index in [1.54, 1.807) is 0 Å². The predicted molar refractivity (Wildman–Crippen MR) is 96.8 cm³/mol. The summed E-state index contributed by atoms with van der Waals surface area (Å²) in [7, 11) is -3.07. The van der Waals surface area contributed by atoms with E-state index in [2.05, 4.69) is 5.32 Å². The molecular weight excluding hydrogens is 322 g/mol. The summed E-state index contributed by atoms with van der Waals surface area (Å²) in [5, 5.41) is 2.71. The first-order chi connectivity index (χ1) is 11.4. The minimum atomic E-state index is -3.07. The van der Waals surface area contributed by atoms with Gasteiger partial charge in [0.05, 0.1) is 5.75 Å². The Balaban J connectivity index is 2.16. The van der Waals surface area contributed by atoms with Crippen molar-refractivity contribution < 1.29 is 13.2 Å².